The topological polar surface area (TPSA) is 71.1 Å². The second kappa shape index (κ2) is 9.14. The van der Waals surface area contributed by atoms with E-state index in [1.807, 2.05) is 24.3 Å². The summed E-state index contributed by atoms with van der Waals surface area (Å²) in [6.45, 7) is 0.345. The highest BCUT2D eigenvalue weighted by molar-refractivity contribution is 9.10. The van der Waals surface area contributed by atoms with Gasteiger partial charge in [-0.25, -0.2) is 9.59 Å². The highest BCUT2D eigenvalue weighted by Gasteiger charge is 2.47. The minimum Gasteiger partial charge on any atom is -0.493 e. The van der Waals surface area contributed by atoms with E-state index >= 15 is 0 Å². The zero-order valence-corrected chi connectivity index (χ0v) is 20.2. The Morgan fingerprint density at radius 3 is 2.44 bits per heavy atom. The first-order valence-corrected chi connectivity index (χ1v) is 11.9. The minimum absolute atomic E-state index is 0.143. The van der Waals surface area contributed by atoms with E-state index in [0.29, 0.717) is 41.0 Å². The monoisotopic (exact) mass is 522 g/mol. The third kappa shape index (κ3) is 4.28. The molecule has 2 fully saturated rings. The molecule has 1 saturated carbocycles. The molecule has 6 nitrogen and oxygen atoms in total. The third-order valence-corrected chi connectivity index (χ3v) is 6.77. The standard InChI is InChI=1S/C27H23BrO6/c1-31-23-15-17(13-21-25(29)33-27(34-26(21)30)11-4-5-12-27)14-22(28)24(23)32-16-19-9-6-8-18-7-2-3-10-20(18)19/h2-3,6-10,13-15H,4-5,11-12,16H2,1H3. The number of carbonyl (C=O) groups is 2. The quantitative estimate of drug-likeness (QED) is 0.234. The second-order valence-electron chi connectivity index (χ2n) is 8.42. The fourth-order valence-corrected chi connectivity index (χ4v) is 5.06. The molecule has 1 spiro atoms. The van der Waals surface area contributed by atoms with Gasteiger partial charge >= 0.3 is 11.9 Å². The Hall–Kier alpha value is -3.32. The van der Waals surface area contributed by atoms with Gasteiger partial charge in [-0.2, -0.15) is 0 Å². The summed E-state index contributed by atoms with van der Waals surface area (Å²) >= 11 is 3.54. The molecule has 0 bridgehead atoms. The van der Waals surface area contributed by atoms with E-state index in [9.17, 15) is 9.59 Å². The van der Waals surface area contributed by atoms with E-state index < -0.39 is 17.7 Å². The number of methoxy groups -OCH3 is 1. The van der Waals surface area contributed by atoms with Gasteiger partial charge in [0.1, 0.15) is 12.2 Å². The van der Waals surface area contributed by atoms with Gasteiger partial charge in [0.05, 0.1) is 11.6 Å². The van der Waals surface area contributed by atoms with Gasteiger partial charge < -0.3 is 18.9 Å². The summed E-state index contributed by atoms with van der Waals surface area (Å²) in [6.07, 6.45) is 4.27. The third-order valence-electron chi connectivity index (χ3n) is 6.18. The molecule has 3 aromatic rings. The number of rotatable bonds is 5. The maximum atomic E-state index is 12.6. The van der Waals surface area contributed by atoms with Crippen LogP contribution in [0.3, 0.4) is 0 Å². The van der Waals surface area contributed by atoms with Crippen molar-refractivity contribution in [1.29, 1.82) is 0 Å². The van der Waals surface area contributed by atoms with Gasteiger partial charge in [0, 0.05) is 12.8 Å². The number of benzene rings is 3. The van der Waals surface area contributed by atoms with Crippen LogP contribution in [0, 0.1) is 0 Å². The molecule has 2 aliphatic rings. The van der Waals surface area contributed by atoms with Crippen molar-refractivity contribution >= 4 is 44.7 Å². The fourth-order valence-electron chi connectivity index (χ4n) is 4.49. The SMILES string of the molecule is COc1cc(C=C2C(=O)OC3(CCCC3)OC2=O)cc(Br)c1OCc1cccc2ccccc12. The Morgan fingerprint density at radius 2 is 1.71 bits per heavy atom. The number of hydrogen-bond donors (Lipinski definition) is 0. The molecular formula is C27H23BrO6. The van der Waals surface area contributed by atoms with E-state index in [1.54, 1.807) is 12.1 Å². The molecule has 0 unspecified atom stereocenters. The van der Waals surface area contributed by atoms with Crippen molar-refractivity contribution in [2.24, 2.45) is 0 Å². The van der Waals surface area contributed by atoms with Crippen LogP contribution in [0.25, 0.3) is 16.8 Å². The summed E-state index contributed by atoms with van der Waals surface area (Å²) in [4.78, 5) is 25.2. The molecule has 1 aliphatic heterocycles. The van der Waals surface area contributed by atoms with Gasteiger partial charge in [0.25, 0.3) is 5.79 Å². The van der Waals surface area contributed by atoms with E-state index in [-0.39, 0.29) is 5.57 Å². The van der Waals surface area contributed by atoms with Crippen molar-refractivity contribution in [3.05, 3.63) is 75.8 Å². The molecule has 1 aliphatic carbocycles. The van der Waals surface area contributed by atoms with E-state index in [0.717, 1.165) is 29.2 Å². The molecular weight excluding hydrogens is 500 g/mol. The summed E-state index contributed by atoms with van der Waals surface area (Å²) in [5.41, 5.74) is 1.48. The number of ether oxygens (including phenoxy) is 4. The van der Waals surface area contributed by atoms with E-state index in [2.05, 4.69) is 34.1 Å². The van der Waals surface area contributed by atoms with Crippen LogP contribution >= 0.6 is 15.9 Å². The van der Waals surface area contributed by atoms with Gasteiger partial charge in [0.2, 0.25) is 0 Å². The van der Waals surface area contributed by atoms with Crippen molar-refractivity contribution < 1.29 is 28.5 Å². The molecule has 174 valence electrons. The van der Waals surface area contributed by atoms with Crippen LogP contribution in [0.1, 0.15) is 36.8 Å². The average Bonchev–Trinajstić information content (AvgIpc) is 3.27. The van der Waals surface area contributed by atoms with Crippen LogP contribution < -0.4 is 9.47 Å². The molecule has 5 rings (SSSR count). The molecule has 7 heteroatoms. The van der Waals surface area contributed by atoms with Crippen LogP contribution in [0.4, 0.5) is 0 Å². The summed E-state index contributed by atoms with van der Waals surface area (Å²) < 4.78 is 23.3. The normalized spacial score (nSPS) is 16.9. The van der Waals surface area contributed by atoms with Crippen LogP contribution in [-0.2, 0) is 25.7 Å². The van der Waals surface area contributed by atoms with Crippen molar-refractivity contribution in [2.45, 2.75) is 38.1 Å². The number of carbonyl (C=O) groups excluding carboxylic acids is 2. The smallest absolute Gasteiger partial charge is 0.348 e. The first-order chi connectivity index (χ1) is 16.5. The molecule has 0 atom stereocenters. The largest absolute Gasteiger partial charge is 0.493 e. The molecule has 3 aromatic carbocycles. The molecule has 1 heterocycles. The van der Waals surface area contributed by atoms with Gasteiger partial charge in [-0.05, 0) is 68.9 Å². The predicted molar refractivity (Wildman–Crippen MR) is 130 cm³/mol. The maximum Gasteiger partial charge on any atom is 0.348 e. The Labute approximate surface area is 205 Å². The Morgan fingerprint density at radius 1 is 1.00 bits per heavy atom. The number of hydrogen-bond acceptors (Lipinski definition) is 6. The summed E-state index contributed by atoms with van der Waals surface area (Å²) in [6, 6.07) is 17.7. The van der Waals surface area contributed by atoms with Gasteiger partial charge in [-0.3, -0.25) is 0 Å². The minimum atomic E-state index is -1.09. The van der Waals surface area contributed by atoms with Crippen LogP contribution in [0.15, 0.2) is 64.6 Å². The second-order valence-corrected chi connectivity index (χ2v) is 9.27. The first-order valence-electron chi connectivity index (χ1n) is 11.1. The molecule has 0 amide bonds. The van der Waals surface area contributed by atoms with Crippen molar-refractivity contribution in [2.75, 3.05) is 7.11 Å². The molecule has 1 saturated heterocycles. The summed E-state index contributed by atoms with van der Waals surface area (Å²) in [5, 5.41) is 2.26. The van der Waals surface area contributed by atoms with E-state index in [4.69, 9.17) is 18.9 Å². The van der Waals surface area contributed by atoms with Crippen molar-refractivity contribution in [3.63, 3.8) is 0 Å². The number of esters is 2. The molecule has 34 heavy (non-hydrogen) atoms. The zero-order valence-electron chi connectivity index (χ0n) is 18.6. The lowest BCUT2D eigenvalue weighted by Gasteiger charge is -2.32. The lowest BCUT2D eigenvalue weighted by molar-refractivity contribution is -0.232. The number of fused-ring (bicyclic) bond motifs is 1. The van der Waals surface area contributed by atoms with Gasteiger partial charge in [-0.15, -0.1) is 0 Å². The Balaban J connectivity index is 1.39. The van der Waals surface area contributed by atoms with Gasteiger partial charge in [0.15, 0.2) is 11.5 Å². The lowest BCUT2D eigenvalue weighted by atomic mass is 10.1. The molecule has 0 aromatic heterocycles. The van der Waals surface area contributed by atoms with E-state index in [1.165, 1.54) is 13.2 Å². The Kier molecular flexibility index (Phi) is 6.04. The molecule has 0 radical (unpaired) electrons. The van der Waals surface area contributed by atoms with Crippen molar-refractivity contribution in [3.8, 4) is 11.5 Å². The highest BCUT2D eigenvalue weighted by Crippen LogP contribution is 2.40. The highest BCUT2D eigenvalue weighted by atomic mass is 79.9. The fraction of sp³-hybridized carbons (Fsp3) is 0.259. The van der Waals surface area contributed by atoms with Gasteiger partial charge in [-0.1, -0.05) is 42.5 Å². The van der Waals surface area contributed by atoms with Crippen LogP contribution in [-0.4, -0.2) is 24.8 Å². The van der Waals surface area contributed by atoms with Crippen LogP contribution in [0.5, 0.6) is 11.5 Å². The summed E-state index contributed by atoms with van der Waals surface area (Å²) in [7, 11) is 1.54. The maximum absolute atomic E-state index is 12.6. The first kappa shape index (κ1) is 22.5. The number of halogens is 1. The summed E-state index contributed by atoms with van der Waals surface area (Å²) in [5.74, 6) is -1.43. The molecule has 0 N–H and O–H groups in total. The predicted octanol–water partition coefficient (Wildman–Crippen LogP) is 5.94. The zero-order chi connectivity index (χ0) is 23.7. The Bertz CT molecular complexity index is 1280. The average molecular weight is 523 g/mol. The van der Waals surface area contributed by atoms with Crippen molar-refractivity contribution in [1.82, 2.24) is 0 Å². The lowest BCUT2D eigenvalue weighted by Crippen LogP contribution is -2.44. The van der Waals surface area contributed by atoms with Crippen LogP contribution in [0.2, 0.25) is 0 Å².